The molecule has 0 atom stereocenters. The predicted molar refractivity (Wildman–Crippen MR) is 116 cm³/mol. The molecule has 10 heteroatoms. The first-order valence-corrected chi connectivity index (χ1v) is 9.54. The average molecular weight is 448 g/mol. The molecule has 31 heavy (non-hydrogen) atoms. The van der Waals surface area contributed by atoms with E-state index in [4.69, 9.17) is 21.1 Å². The molecule has 9 nitrogen and oxygen atoms in total. The highest BCUT2D eigenvalue weighted by molar-refractivity contribution is 6.33. The molecule has 0 fully saturated rings. The van der Waals surface area contributed by atoms with Crippen molar-refractivity contribution in [3.05, 3.63) is 53.1 Å². The van der Waals surface area contributed by atoms with Gasteiger partial charge in [0.1, 0.15) is 0 Å². The number of hydrogen-bond acceptors (Lipinski definition) is 7. The minimum Gasteiger partial charge on any atom is -0.493 e. The Bertz CT molecular complexity index is 964. The largest absolute Gasteiger partial charge is 0.493 e. The Morgan fingerprint density at radius 1 is 1.03 bits per heavy atom. The molecule has 164 valence electrons. The van der Waals surface area contributed by atoms with Crippen molar-refractivity contribution in [1.29, 1.82) is 0 Å². The van der Waals surface area contributed by atoms with Gasteiger partial charge >= 0.3 is 5.97 Å². The Kier molecular flexibility index (Phi) is 9.31. The average Bonchev–Trinajstić information content (AvgIpc) is 2.77. The van der Waals surface area contributed by atoms with Crippen LogP contribution in [0.2, 0.25) is 5.02 Å². The maximum atomic E-state index is 11.9. The number of benzene rings is 2. The maximum absolute atomic E-state index is 11.9. The summed E-state index contributed by atoms with van der Waals surface area (Å²) in [5.41, 5.74) is 3.46. The molecule has 2 aromatic carbocycles. The molecule has 2 N–H and O–H groups in total. The SMILES string of the molecule is COC(=O)COc1ccc(C=NNC(=O)CCC(=O)Nc2ccccc2Cl)cc1OC. The number of halogens is 1. The lowest BCUT2D eigenvalue weighted by Crippen LogP contribution is -2.20. The fourth-order valence-corrected chi connectivity index (χ4v) is 2.50. The summed E-state index contributed by atoms with van der Waals surface area (Å²) in [6.45, 7) is -0.250. The Labute approximate surface area is 184 Å². The molecule has 0 aliphatic carbocycles. The number of carbonyl (C=O) groups excluding carboxylic acids is 3. The number of nitrogens with one attached hydrogen (secondary N) is 2. The molecule has 0 bridgehead atoms. The normalized spacial score (nSPS) is 10.4. The molecular weight excluding hydrogens is 426 g/mol. The Balaban J connectivity index is 1.81. The second kappa shape index (κ2) is 12.2. The highest BCUT2D eigenvalue weighted by atomic mass is 35.5. The molecule has 2 aromatic rings. The first kappa shape index (κ1) is 23.7. The molecule has 0 saturated carbocycles. The number of methoxy groups -OCH3 is 2. The highest BCUT2D eigenvalue weighted by Gasteiger charge is 2.10. The number of carbonyl (C=O) groups is 3. The Morgan fingerprint density at radius 2 is 1.77 bits per heavy atom. The predicted octanol–water partition coefficient (Wildman–Crippen LogP) is 2.77. The van der Waals surface area contributed by atoms with E-state index in [1.54, 1.807) is 42.5 Å². The molecule has 0 aromatic heterocycles. The first-order chi connectivity index (χ1) is 14.9. The molecular formula is C21H22ClN3O6. The number of hydrazone groups is 1. The van der Waals surface area contributed by atoms with Crippen molar-refractivity contribution in [2.45, 2.75) is 12.8 Å². The van der Waals surface area contributed by atoms with Gasteiger partial charge in [-0.2, -0.15) is 5.10 Å². The van der Waals surface area contributed by atoms with Crippen LogP contribution in [0.4, 0.5) is 5.69 Å². The quantitative estimate of drug-likeness (QED) is 0.329. The smallest absolute Gasteiger partial charge is 0.343 e. The summed E-state index contributed by atoms with van der Waals surface area (Å²) in [5, 5.41) is 6.92. The van der Waals surface area contributed by atoms with E-state index >= 15 is 0 Å². The number of esters is 1. The fourth-order valence-electron chi connectivity index (χ4n) is 2.32. The lowest BCUT2D eigenvalue weighted by atomic mass is 10.2. The van der Waals surface area contributed by atoms with Gasteiger partial charge in [-0.05, 0) is 35.9 Å². The van der Waals surface area contributed by atoms with E-state index in [0.29, 0.717) is 27.8 Å². The van der Waals surface area contributed by atoms with Gasteiger partial charge in [0.15, 0.2) is 18.1 Å². The van der Waals surface area contributed by atoms with Gasteiger partial charge in [-0.15, -0.1) is 0 Å². The third-order valence-corrected chi connectivity index (χ3v) is 4.22. The van der Waals surface area contributed by atoms with E-state index in [2.05, 4.69) is 20.6 Å². The van der Waals surface area contributed by atoms with Crippen LogP contribution in [0.15, 0.2) is 47.6 Å². The Hall–Kier alpha value is -3.59. The summed E-state index contributed by atoms with van der Waals surface area (Å²) in [6.07, 6.45) is 1.35. The topological polar surface area (TPSA) is 115 Å². The zero-order valence-corrected chi connectivity index (χ0v) is 17.8. The molecule has 0 unspecified atom stereocenters. The van der Waals surface area contributed by atoms with Gasteiger partial charge in [0.25, 0.3) is 0 Å². The van der Waals surface area contributed by atoms with Crippen molar-refractivity contribution in [3.63, 3.8) is 0 Å². The first-order valence-electron chi connectivity index (χ1n) is 9.17. The van der Waals surface area contributed by atoms with Gasteiger partial charge in [0.2, 0.25) is 11.8 Å². The number of nitrogens with zero attached hydrogens (tertiary/aromatic N) is 1. The van der Waals surface area contributed by atoms with Crippen LogP contribution in [0.5, 0.6) is 11.5 Å². The van der Waals surface area contributed by atoms with E-state index < -0.39 is 11.9 Å². The zero-order chi connectivity index (χ0) is 22.6. The molecule has 0 heterocycles. The fraction of sp³-hybridized carbons (Fsp3) is 0.238. The van der Waals surface area contributed by atoms with E-state index in [1.807, 2.05) is 0 Å². The standard InChI is InChI=1S/C21H22ClN3O6/c1-29-18-11-14(7-8-17(18)31-13-21(28)30-2)12-23-25-20(27)10-9-19(26)24-16-6-4-3-5-15(16)22/h3-8,11-12H,9-10,13H2,1-2H3,(H,24,26)(H,25,27). The number of rotatable bonds is 10. The summed E-state index contributed by atoms with van der Waals surface area (Å²) in [7, 11) is 2.72. The van der Waals surface area contributed by atoms with E-state index in [0.717, 1.165) is 0 Å². The lowest BCUT2D eigenvalue weighted by Gasteiger charge is -2.10. The summed E-state index contributed by atoms with van der Waals surface area (Å²) in [6, 6.07) is 11.7. The van der Waals surface area contributed by atoms with Crippen molar-refractivity contribution >= 4 is 41.3 Å². The van der Waals surface area contributed by atoms with Crippen molar-refractivity contribution in [2.75, 3.05) is 26.1 Å². The highest BCUT2D eigenvalue weighted by Crippen LogP contribution is 2.27. The van der Waals surface area contributed by atoms with Crippen LogP contribution in [0.25, 0.3) is 0 Å². The molecule has 0 aliphatic rings. The van der Waals surface area contributed by atoms with Crippen LogP contribution >= 0.6 is 11.6 Å². The van der Waals surface area contributed by atoms with Crippen LogP contribution in [0.1, 0.15) is 18.4 Å². The van der Waals surface area contributed by atoms with Crippen molar-refractivity contribution in [3.8, 4) is 11.5 Å². The molecule has 2 amide bonds. The molecule has 0 aliphatic heterocycles. The summed E-state index contributed by atoms with van der Waals surface area (Å²) >= 11 is 5.98. The van der Waals surface area contributed by atoms with Crippen molar-refractivity contribution in [2.24, 2.45) is 5.10 Å². The third-order valence-electron chi connectivity index (χ3n) is 3.89. The minimum absolute atomic E-state index is 0.0212. The number of ether oxygens (including phenoxy) is 3. The van der Waals surface area contributed by atoms with Crippen molar-refractivity contribution < 1.29 is 28.6 Å². The lowest BCUT2D eigenvalue weighted by molar-refractivity contribution is -0.143. The van der Waals surface area contributed by atoms with Crippen molar-refractivity contribution in [1.82, 2.24) is 5.43 Å². The van der Waals surface area contributed by atoms with Gasteiger partial charge < -0.3 is 19.5 Å². The molecule has 2 rings (SSSR count). The number of anilines is 1. The number of hydrogen-bond donors (Lipinski definition) is 2. The monoisotopic (exact) mass is 447 g/mol. The van der Waals surface area contributed by atoms with E-state index in [1.165, 1.54) is 20.4 Å². The van der Waals surface area contributed by atoms with Gasteiger partial charge in [0.05, 0.1) is 31.1 Å². The van der Waals surface area contributed by atoms with Gasteiger partial charge in [-0.25, -0.2) is 10.2 Å². The second-order valence-corrected chi connectivity index (χ2v) is 6.50. The summed E-state index contributed by atoms with van der Waals surface area (Å²) in [5.74, 6) is -0.528. The van der Waals surface area contributed by atoms with Crippen LogP contribution in [-0.2, 0) is 19.1 Å². The molecule has 0 saturated heterocycles. The second-order valence-electron chi connectivity index (χ2n) is 6.10. The minimum atomic E-state index is -0.518. The third kappa shape index (κ3) is 7.98. The Morgan fingerprint density at radius 3 is 2.48 bits per heavy atom. The maximum Gasteiger partial charge on any atom is 0.343 e. The summed E-state index contributed by atoms with van der Waals surface area (Å²) < 4.78 is 15.1. The number of amides is 2. The summed E-state index contributed by atoms with van der Waals surface area (Å²) in [4.78, 5) is 35.0. The van der Waals surface area contributed by atoms with Gasteiger partial charge in [-0.3, -0.25) is 9.59 Å². The van der Waals surface area contributed by atoms with Gasteiger partial charge in [0, 0.05) is 12.8 Å². The van der Waals surface area contributed by atoms with Crippen LogP contribution < -0.4 is 20.2 Å². The molecule has 0 radical (unpaired) electrons. The van der Waals surface area contributed by atoms with Crippen LogP contribution in [0, 0.1) is 0 Å². The molecule has 0 spiro atoms. The zero-order valence-electron chi connectivity index (χ0n) is 17.0. The van der Waals surface area contributed by atoms with Gasteiger partial charge in [-0.1, -0.05) is 23.7 Å². The van der Waals surface area contributed by atoms with E-state index in [9.17, 15) is 14.4 Å². The van der Waals surface area contributed by atoms with Crippen LogP contribution in [0.3, 0.4) is 0 Å². The van der Waals surface area contributed by atoms with E-state index in [-0.39, 0.29) is 25.4 Å². The van der Waals surface area contributed by atoms with Crippen LogP contribution in [-0.4, -0.2) is 44.8 Å². The number of para-hydroxylation sites is 1.